The van der Waals surface area contributed by atoms with Crippen molar-refractivity contribution in [3.63, 3.8) is 0 Å². The molecule has 164 valence electrons. The summed E-state index contributed by atoms with van der Waals surface area (Å²) in [6.07, 6.45) is 0. The number of hydrogen-bond acceptors (Lipinski definition) is 5. The quantitative estimate of drug-likeness (QED) is 0.519. The molecule has 3 rings (SSSR count). The lowest BCUT2D eigenvalue weighted by Gasteiger charge is -2.35. The third kappa shape index (κ3) is 5.92. The molecule has 30 heavy (non-hydrogen) atoms. The van der Waals surface area contributed by atoms with Gasteiger partial charge in [-0.15, -0.1) is 11.3 Å². The monoisotopic (exact) mass is 432 g/mol. The van der Waals surface area contributed by atoms with E-state index >= 15 is 0 Å². The first-order chi connectivity index (χ1) is 14.5. The number of nitrogens with zero attached hydrogens (tertiary/aromatic N) is 4. The zero-order valence-electron chi connectivity index (χ0n) is 18.5. The molecule has 1 aromatic heterocycles. The minimum absolute atomic E-state index is 0.165. The highest BCUT2D eigenvalue weighted by molar-refractivity contribution is 7.11. The van der Waals surface area contributed by atoms with Gasteiger partial charge in [-0.05, 0) is 45.0 Å². The molecule has 1 saturated heterocycles. The zero-order valence-corrected chi connectivity index (χ0v) is 19.3. The molecule has 0 aliphatic carbocycles. The van der Waals surface area contributed by atoms with E-state index in [4.69, 9.17) is 0 Å². The number of rotatable bonds is 7. The van der Waals surface area contributed by atoms with Gasteiger partial charge in [-0.25, -0.2) is 14.4 Å². The molecule has 1 aliphatic heterocycles. The van der Waals surface area contributed by atoms with Gasteiger partial charge in [-0.1, -0.05) is 13.0 Å². The van der Waals surface area contributed by atoms with Crippen LogP contribution in [-0.4, -0.2) is 55.1 Å². The predicted molar refractivity (Wildman–Crippen MR) is 124 cm³/mol. The van der Waals surface area contributed by atoms with Crippen molar-refractivity contribution in [1.82, 2.24) is 20.5 Å². The van der Waals surface area contributed by atoms with Gasteiger partial charge < -0.3 is 20.4 Å². The van der Waals surface area contributed by atoms with E-state index in [9.17, 15) is 4.39 Å². The molecule has 0 atom stereocenters. The van der Waals surface area contributed by atoms with Crippen molar-refractivity contribution in [2.24, 2.45) is 4.99 Å². The minimum atomic E-state index is -0.165. The van der Waals surface area contributed by atoms with E-state index in [2.05, 4.69) is 37.3 Å². The molecule has 0 unspecified atom stereocenters. The van der Waals surface area contributed by atoms with Crippen molar-refractivity contribution >= 4 is 23.0 Å². The largest absolute Gasteiger partial charge is 0.367 e. The number of aliphatic imine (C=N–C) groups is 1. The van der Waals surface area contributed by atoms with E-state index in [1.54, 1.807) is 17.4 Å². The number of aromatic nitrogens is 1. The first-order valence-electron chi connectivity index (χ1n) is 10.7. The summed E-state index contributed by atoms with van der Waals surface area (Å²) >= 11 is 1.69. The molecule has 0 bridgehead atoms. The highest BCUT2D eigenvalue weighted by atomic mass is 32.1. The summed E-state index contributed by atoms with van der Waals surface area (Å²) in [5.74, 6) is 0.560. The molecule has 0 amide bonds. The fraction of sp³-hybridized carbons (Fsp3) is 0.545. The maximum absolute atomic E-state index is 14.8. The van der Waals surface area contributed by atoms with E-state index in [1.807, 2.05) is 32.9 Å². The average Bonchev–Trinajstić information content (AvgIpc) is 3.07. The summed E-state index contributed by atoms with van der Waals surface area (Å²) in [7, 11) is 0. The predicted octanol–water partition coefficient (Wildman–Crippen LogP) is 3.30. The molecule has 1 fully saturated rings. The van der Waals surface area contributed by atoms with Crippen LogP contribution in [0.1, 0.15) is 35.0 Å². The molecular weight excluding hydrogens is 399 g/mol. The number of piperazine rings is 1. The Morgan fingerprint density at radius 1 is 1.17 bits per heavy atom. The summed E-state index contributed by atoms with van der Waals surface area (Å²) in [6.45, 7) is 14.9. The molecule has 1 aromatic carbocycles. The Bertz CT molecular complexity index is 857. The van der Waals surface area contributed by atoms with Crippen molar-refractivity contribution in [3.8, 4) is 0 Å². The van der Waals surface area contributed by atoms with Gasteiger partial charge >= 0.3 is 0 Å². The lowest BCUT2D eigenvalue weighted by atomic mass is 10.1. The highest BCUT2D eigenvalue weighted by Gasteiger charge is 2.18. The van der Waals surface area contributed by atoms with Crippen LogP contribution in [0.25, 0.3) is 0 Å². The smallest absolute Gasteiger partial charge is 0.191 e. The fourth-order valence-corrected chi connectivity index (χ4v) is 4.50. The zero-order chi connectivity index (χ0) is 21.5. The Hall–Kier alpha value is -2.19. The molecule has 2 N–H and O–H groups in total. The van der Waals surface area contributed by atoms with Crippen LogP contribution >= 0.6 is 11.3 Å². The normalized spacial score (nSPS) is 15.5. The van der Waals surface area contributed by atoms with E-state index in [-0.39, 0.29) is 5.82 Å². The van der Waals surface area contributed by atoms with Crippen molar-refractivity contribution in [1.29, 1.82) is 0 Å². The molecule has 0 radical (unpaired) electrons. The summed E-state index contributed by atoms with van der Waals surface area (Å²) in [5, 5.41) is 7.67. The fourth-order valence-electron chi connectivity index (χ4n) is 3.62. The van der Waals surface area contributed by atoms with Crippen LogP contribution in [-0.2, 0) is 13.1 Å². The number of guanidine groups is 1. The van der Waals surface area contributed by atoms with Gasteiger partial charge in [0.25, 0.3) is 0 Å². The first kappa shape index (κ1) is 22.5. The minimum Gasteiger partial charge on any atom is -0.367 e. The Kier molecular flexibility index (Phi) is 8.04. The summed E-state index contributed by atoms with van der Waals surface area (Å²) in [4.78, 5) is 14.8. The van der Waals surface area contributed by atoms with Crippen molar-refractivity contribution in [3.05, 3.63) is 45.2 Å². The van der Waals surface area contributed by atoms with Crippen LogP contribution in [0.4, 0.5) is 10.1 Å². The maximum atomic E-state index is 14.8. The van der Waals surface area contributed by atoms with E-state index in [0.29, 0.717) is 18.8 Å². The summed E-state index contributed by atoms with van der Waals surface area (Å²) in [6, 6.07) is 5.49. The second kappa shape index (κ2) is 10.7. The Labute approximate surface area is 183 Å². The number of aryl methyl sites for hydroxylation is 2. The van der Waals surface area contributed by atoms with E-state index < -0.39 is 0 Å². The van der Waals surface area contributed by atoms with Gasteiger partial charge in [0, 0.05) is 37.6 Å². The average molecular weight is 433 g/mol. The van der Waals surface area contributed by atoms with Gasteiger partial charge in [0.1, 0.15) is 5.82 Å². The maximum Gasteiger partial charge on any atom is 0.191 e. The lowest BCUT2D eigenvalue weighted by molar-refractivity contribution is 0.270. The van der Waals surface area contributed by atoms with Crippen molar-refractivity contribution in [2.45, 2.75) is 40.8 Å². The SMILES string of the molecule is CCNC(=NCc1ccc(N2CCN(CC)CC2)c(F)c1)NCc1sc(C)nc1C. The van der Waals surface area contributed by atoms with Crippen molar-refractivity contribution in [2.75, 3.05) is 44.2 Å². The molecule has 2 aromatic rings. The molecule has 8 heteroatoms. The standard InChI is InChI=1S/C22H33FN6S/c1-5-24-22(26-15-21-16(3)27-17(4)30-21)25-14-18-7-8-20(19(23)13-18)29-11-9-28(6-2)10-12-29/h7-8,13H,5-6,9-12,14-15H2,1-4H3,(H2,24,25,26). The van der Waals surface area contributed by atoms with Crippen LogP contribution < -0.4 is 15.5 Å². The number of likely N-dealkylation sites (N-methyl/N-ethyl adjacent to an activating group) is 1. The third-order valence-corrected chi connectivity index (χ3v) is 6.43. The van der Waals surface area contributed by atoms with Crippen molar-refractivity contribution < 1.29 is 4.39 Å². The van der Waals surface area contributed by atoms with Crippen LogP contribution in [0.15, 0.2) is 23.2 Å². The second-order valence-electron chi connectivity index (χ2n) is 7.50. The van der Waals surface area contributed by atoms with Gasteiger partial charge in [0.15, 0.2) is 5.96 Å². The van der Waals surface area contributed by atoms with E-state index in [0.717, 1.165) is 61.5 Å². The van der Waals surface area contributed by atoms with Gasteiger partial charge in [-0.3, -0.25) is 0 Å². The topological polar surface area (TPSA) is 55.8 Å². The second-order valence-corrected chi connectivity index (χ2v) is 8.79. The Balaban J connectivity index is 1.61. The number of benzene rings is 1. The molecule has 2 heterocycles. The number of halogens is 1. The van der Waals surface area contributed by atoms with Gasteiger partial charge in [0.2, 0.25) is 0 Å². The summed E-state index contributed by atoms with van der Waals surface area (Å²) < 4.78 is 14.8. The number of hydrogen-bond donors (Lipinski definition) is 2. The van der Waals surface area contributed by atoms with Crippen LogP contribution in [0.3, 0.4) is 0 Å². The summed E-state index contributed by atoms with van der Waals surface area (Å²) in [5.41, 5.74) is 2.61. The van der Waals surface area contributed by atoms with Gasteiger partial charge in [0.05, 0.1) is 29.5 Å². The molecule has 1 aliphatic rings. The number of nitrogens with one attached hydrogen (secondary N) is 2. The van der Waals surface area contributed by atoms with Crippen LogP contribution in [0.2, 0.25) is 0 Å². The molecule has 0 spiro atoms. The van der Waals surface area contributed by atoms with Crippen LogP contribution in [0.5, 0.6) is 0 Å². The molecule has 6 nitrogen and oxygen atoms in total. The number of thiazole rings is 1. The first-order valence-corrected chi connectivity index (χ1v) is 11.5. The van der Waals surface area contributed by atoms with E-state index in [1.165, 1.54) is 4.88 Å². The van der Waals surface area contributed by atoms with Gasteiger partial charge in [-0.2, -0.15) is 0 Å². The highest BCUT2D eigenvalue weighted by Crippen LogP contribution is 2.22. The Morgan fingerprint density at radius 3 is 2.53 bits per heavy atom. The third-order valence-electron chi connectivity index (χ3n) is 5.35. The molecule has 0 saturated carbocycles. The van der Waals surface area contributed by atoms with Crippen LogP contribution in [0, 0.1) is 19.7 Å². The molecular formula is C22H33FN6S. The lowest BCUT2D eigenvalue weighted by Crippen LogP contribution is -2.46. The number of anilines is 1. The Morgan fingerprint density at radius 2 is 1.93 bits per heavy atom.